The summed E-state index contributed by atoms with van der Waals surface area (Å²) < 4.78 is 0. The molecule has 3 aromatic rings. The molecule has 164 valence electrons. The normalized spacial score (nSPS) is 10.8. The Bertz CT molecular complexity index is 963. The molecule has 2 radical (unpaired) electrons. The fourth-order valence-corrected chi connectivity index (χ4v) is 6.37. The van der Waals surface area contributed by atoms with E-state index in [9.17, 15) is 0 Å². The molecule has 0 heterocycles. The second-order valence-corrected chi connectivity index (χ2v) is 9.67. The molecule has 0 nitrogen and oxygen atoms in total. The summed E-state index contributed by atoms with van der Waals surface area (Å²) in [5.41, 5.74) is 14.8. The van der Waals surface area contributed by atoms with E-state index >= 15 is 0 Å². The number of halogens is 3. The van der Waals surface area contributed by atoms with Gasteiger partial charge in [-0.15, -0.1) is 5.56 Å². The molecule has 0 N–H and O–H groups in total. The average molecular weight is 526 g/mol. The van der Waals surface area contributed by atoms with Crippen molar-refractivity contribution in [1.29, 1.82) is 0 Å². The number of aryl methyl sites for hydroxylation is 4. The molecule has 0 saturated carbocycles. The molecule has 0 aromatic heterocycles. The quantitative estimate of drug-likeness (QED) is 0.252. The average Bonchev–Trinajstić information content (AvgIpc) is 2.76. The third-order valence-electron chi connectivity index (χ3n) is 6.05. The minimum atomic E-state index is 0. The minimum Gasteiger partial charge on any atom is -1.00 e. The molecule has 1 atom stereocenters. The van der Waals surface area contributed by atoms with Crippen LogP contribution in [0.15, 0.2) is 36.4 Å². The van der Waals surface area contributed by atoms with E-state index in [-0.39, 0.29) is 58.9 Å². The topological polar surface area (TPSA) is 0 Å². The first-order valence-corrected chi connectivity index (χ1v) is 10.9. The Labute approximate surface area is 225 Å². The fourth-order valence-electron chi connectivity index (χ4n) is 4.36. The van der Waals surface area contributed by atoms with Gasteiger partial charge < -0.3 is 37.2 Å². The van der Waals surface area contributed by atoms with E-state index < -0.39 is 0 Å². The SMILES string of the molecule is Cc1cc(C)cc([Si]C(c2ccc(C)cc2C)[c-]2c(C)c(C)c(C)c2C)c1.[Cl-].[Cl-].[Cl-].[Ti+4]. The zero-order valence-corrected chi connectivity index (χ0v) is 24.5. The fraction of sp³-hybridized carbons (Fsp3) is 0.346. The van der Waals surface area contributed by atoms with Gasteiger partial charge in [-0.1, -0.05) is 91.5 Å². The van der Waals surface area contributed by atoms with Crippen LogP contribution in [0.5, 0.6) is 0 Å². The molecule has 5 heteroatoms. The summed E-state index contributed by atoms with van der Waals surface area (Å²) in [6, 6.07) is 14.0. The van der Waals surface area contributed by atoms with Crippen molar-refractivity contribution < 1.29 is 58.9 Å². The molecular formula is C26H31Cl3SiTi. The summed E-state index contributed by atoms with van der Waals surface area (Å²) in [6.07, 6.45) is 0. The van der Waals surface area contributed by atoms with Crippen molar-refractivity contribution in [3.8, 4) is 0 Å². The molecule has 0 bridgehead atoms. The first kappa shape index (κ1) is 32.8. The predicted molar refractivity (Wildman–Crippen MR) is 120 cm³/mol. The maximum Gasteiger partial charge on any atom is 4.00 e. The van der Waals surface area contributed by atoms with Gasteiger partial charge in [-0.3, -0.25) is 0 Å². The summed E-state index contributed by atoms with van der Waals surface area (Å²) in [5.74, 6) is 0. The van der Waals surface area contributed by atoms with Crippen LogP contribution < -0.4 is 42.4 Å². The summed E-state index contributed by atoms with van der Waals surface area (Å²) in [5, 5.41) is 1.47. The van der Waals surface area contributed by atoms with Crippen molar-refractivity contribution in [1.82, 2.24) is 0 Å². The standard InChI is InChI=1S/C26H31Si.3ClH.Ti/c1-15-9-10-24(18(4)12-15)26(25-21(7)19(5)20(6)22(25)8)27-23-13-16(2)11-17(3)14-23;;;;/h9-14,26H,1-8H3;3*1H;/q-1;;;;+4/p-3. The molecule has 0 fully saturated rings. The molecule has 0 aliphatic rings. The van der Waals surface area contributed by atoms with Crippen LogP contribution in [-0.2, 0) is 21.7 Å². The molecule has 0 amide bonds. The number of hydrogen-bond donors (Lipinski definition) is 0. The van der Waals surface area contributed by atoms with Crippen LogP contribution in [0.4, 0.5) is 0 Å². The molecule has 1 unspecified atom stereocenters. The Balaban J connectivity index is 0. The van der Waals surface area contributed by atoms with Gasteiger partial charge in [-0.05, 0) is 38.8 Å². The van der Waals surface area contributed by atoms with E-state index in [2.05, 4.69) is 91.8 Å². The van der Waals surface area contributed by atoms with Gasteiger partial charge in [0.2, 0.25) is 0 Å². The minimum absolute atomic E-state index is 0. The van der Waals surface area contributed by atoms with E-state index in [1.54, 1.807) is 5.56 Å². The first-order valence-electron chi connectivity index (χ1n) is 9.84. The Morgan fingerprint density at radius 3 is 1.58 bits per heavy atom. The van der Waals surface area contributed by atoms with Crippen LogP contribution in [0.1, 0.15) is 61.2 Å². The van der Waals surface area contributed by atoms with Gasteiger partial charge >= 0.3 is 21.7 Å². The summed E-state index contributed by atoms with van der Waals surface area (Å²) in [6.45, 7) is 18.1. The van der Waals surface area contributed by atoms with Gasteiger partial charge in [0.1, 0.15) is 0 Å². The van der Waals surface area contributed by atoms with Gasteiger partial charge in [0, 0.05) is 0 Å². The molecule has 0 saturated heterocycles. The smallest absolute Gasteiger partial charge is 1.00 e. The van der Waals surface area contributed by atoms with E-state index in [1.807, 2.05) is 0 Å². The van der Waals surface area contributed by atoms with E-state index in [4.69, 9.17) is 0 Å². The molecule has 31 heavy (non-hydrogen) atoms. The molecule has 0 spiro atoms. The van der Waals surface area contributed by atoms with Crippen LogP contribution in [0.3, 0.4) is 0 Å². The van der Waals surface area contributed by atoms with Crippen LogP contribution in [0.25, 0.3) is 0 Å². The Morgan fingerprint density at radius 2 is 1.13 bits per heavy atom. The second-order valence-electron chi connectivity index (χ2n) is 8.23. The molecule has 0 aliphatic heterocycles. The zero-order valence-electron chi connectivity index (χ0n) is 19.7. The third kappa shape index (κ3) is 7.03. The Hall–Kier alpha value is -0.409. The van der Waals surface area contributed by atoms with Gasteiger partial charge in [0.25, 0.3) is 0 Å². The maximum atomic E-state index is 2.37. The van der Waals surface area contributed by atoms with Crippen molar-refractivity contribution in [2.24, 2.45) is 0 Å². The van der Waals surface area contributed by atoms with Crippen LogP contribution in [0.2, 0.25) is 0 Å². The molecular weight excluding hydrogens is 495 g/mol. The Kier molecular flexibility index (Phi) is 14.1. The van der Waals surface area contributed by atoms with Crippen molar-refractivity contribution in [3.63, 3.8) is 0 Å². The third-order valence-corrected chi connectivity index (χ3v) is 7.56. The predicted octanol–water partition coefficient (Wildman–Crippen LogP) is -3.00. The van der Waals surface area contributed by atoms with Crippen molar-refractivity contribution in [2.45, 2.75) is 60.9 Å². The number of rotatable bonds is 4. The van der Waals surface area contributed by atoms with E-state index in [0.29, 0.717) is 5.54 Å². The molecule has 0 aliphatic carbocycles. The zero-order chi connectivity index (χ0) is 19.9. The van der Waals surface area contributed by atoms with Crippen LogP contribution >= 0.6 is 0 Å². The monoisotopic (exact) mass is 524 g/mol. The van der Waals surface area contributed by atoms with Gasteiger partial charge in [0.15, 0.2) is 0 Å². The van der Waals surface area contributed by atoms with E-state index in [1.165, 1.54) is 55.3 Å². The van der Waals surface area contributed by atoms with Crippen molar-refractivity contribution in [3.05, 3.63) is 92.0 Å². The molecule has 3 aromatic carbocycles. The van der Waals surface area contributed by atoms with Crippen LogP contribution in [0, 0.1) is 55.4 Å². The van der Waals surface area contributed by atoms with Gasteiger partial charge in [-0.2, -0.15) is 22.3 Å². The summed E-state index contributed by atoms with van der Waals surface area (Å²) >= 11 is 0. The summed E-state index contributed by atoms with van der Waals surface area (Å²) in [7, 11) is 0.739. The summed E-state index contributed by atoms with van der Waals surface area (Å²) in [4.78, 5) is 0. The molecule has 3 rings (SSSR count). The Morgan fingerprint density at radius 1 is 0.645 bits per heavy atom. The van der Waals surface area contributed by atoms with Crippen LogP contribution in [-0.4, -0.2) is 9.52 Å². The second kappa shape index (κ2) is 13.3. The van der Waals surface area contributed by atoms with E-state index in [0.717, 1.165) is 9.52 Å². The van der Waals surface area contributed by atoms with Crippen molar-refractivity contribution in [2.75, 3.05) is 0 Å². The van der Waals surface area contributed by atoms with Crippen molar-refractivity contribution >= 4 is 14.7 Å². The van der Waals surface area contributed by atoms with Gasteiger partial charge in [0.05, 0.1) is 9.52 Å². The number of benzene rings is 2. The van der Waals surface area contributed by atoms with Gasteiger partial charge in [-0.25, -0.2) is 0 Å². The first-order chi connectivity index (χ1) is 12.7. The maximum absolute atomic E-state index is 2.37. The number of hydrogen-bond acceptors (Lipinski definition) is 0. The largest absolute Gasteiger partial charge is 4.00 e.